The molecular weight excluding hydrogens is 578 g/mol. The second kappa shape index (κ2) is 10.8. The van der Waals surface area contributed by atoms with Crippen LogP contribution in [0.25, 0.3) is 46.3 Å². The van der Waals surface area contributed by atoms with Crippen LogP contribution in [0, 0.1) is 5.92 Å². The Balaban J connectivity index is 1.28. The lowest BCUT2D eigenvalue weighted by molar-refractivity contribution is 0.0907. The molecule has 1 aliphatic heterocycles. The molecule has 12 bridgehead atoms. The number of carbonyl (C=O) groups excluding carboxylic acids is 2. The van der Waals surface area contributed by atoms with Gasteiger partial charge in [-0.25, -0.2) is 29.9 Å². The number of aromatic nitrogens is 6. The van der Waals surface area contributed by atoms with Crippen molar-refractivity contribution in [2.75, 3.05) is 6.54 Å². The Labute approximate surface area is 246 Å². The molecule has 0 saturated heterocycles. The maximum Gasteiger partial charge on any atom is 0.273 e. The number of carbonyl (C=O) groups is 2. The Morgan fingerprint density at radius 3 is 1.55 bits per heavy atom. The van der Waals surface area contributed by atoms with Crippen molar-refractivity contribution in [3.8, 4) is 46.3 Å². The van der Waals surface area contributed by atoms with Crippen molar-refractivity contribution in [2.24, 2.45) is 11.7 Å². The van der Waals surface area contributed by atoms with Gasteiger partial charge in [0.2, 0.25) is 35.3 Å². The van der Waals surface area contributed by atoms with E-state index >= 15 is 0 Å². The van der Waals surface area contributed by atoms with Gasteiger partial charge in [0.05, 0.1) is 0 Å². The molecule has 17 nitrogen and oxygen atoms in total. The van der Waals surface area contributed by atoms with Gasteiger partial charge in [-0.1, -0.05) is 13.8 Å². The first-order valence-corrected chi connectivity index (χ1v) is 13.4. The van der Waals surface area contributed by atoms with E-state index in [2.05, 4.69) is 40.5 Å². The number of amides is 2. The molecule has 0 unspecified atom stereocenters. The topological polar surface area (TPSA) is 240 Å². The highest BCUT2D eigenvalue weighted by molar-refractivity contribution is 5.93. The van der Waals surface area contributed by atoms with E-state index in [0.29, 0.717) is 6.42 Å². The minimum atomic E-state index is -0.705. The van der Waals surface area contributed by atoms with Gasteiger partial charge >= 0.3 is 0 Å². The van der Waals surface area contributed by atoms with E-state index in [9.17, 15) is 9.59 Å². The zero-order valence-electron chi connectivity index (χ0n) is 23.1. The molecule has 0 spiro atoms. The number of hydrogen-bond acceptors (Lipinski definition) is 15. The molecule has 7 rings (SSSR count). The summed E-state index contributed by atoms with van der Waals surface area (Å²) in [6.45, 7) is 4.00. The van der Waals surface area contributed by atoms with E-state index < -0.39 is 23.9 Å². The second-order valence-corrected chi connectivity index (χ2v) is 10.1. The van der Waals surface area contributed by atoms with Crippen molar-refractivity contribution in [2.45, 2.75) is 32.4 Å². The maximum atomic E-state index is 13.1. The molecule has 2 atom stereocenters. The monoisotopic (exact) mass is 601 g/mol. The SMILES string of the molecule is CC(C)[C@@H]1NC(=O)c2coc(n2)-c2coc(n2)-c2coc(n2)[C@H](CCN)NC(=O)c2coc(n2)-c2coc(n2)-c2coc1n2. The van der Waals surface area contributed by atoms with Gasteiger partial charge in [-0.15, -0.1) is 0 Å². The zero-order valence-corrected chi connectivity index (χ0v) is 23.1. The molecule has 0 aromatic carbocycles. The van der Waals surface area contributed by atoms with Crippen LogP contribution < -0.4 is 16.4 Å². The van der Waals surface area contributed by atoms with Crippen molar-refractivity contribution in [1.29, 1.82) is 0 Å². The second-order valence-electron chi connectivity index (χ2n) is 10.1. The highest BCUT2D eigenvalue weighted by Gasteiger charge is 2.28. The lowest BCUT2D eigenvalue weighted by Gasteiger charge is -2.18. The van der Waals surface area contributed by atoms with Gasteiger partial charge in [0, 0.05) is 0 Å². The van der Waals surface area contributed by atoms with Gasteiger partial charge in [-0.3, -0.25) is 9.59 Å². The van der Waals surface area contributed by atoms with Crippen molar-refractivity contribution in [3.05, 3.63) is 60.7 Å². The van der Waals surface area contributed by atoms with Crippen LogP contribution in [0.5, 0.6) is 0 Å². The summed E-state index contributed by atoms with van der Waals surface area (Å²) >= 11 is 0. The Kier molecular flexibility index (Phi) is 6.62. The lowest BCUT2D eigenvalue weighted by atomic mass is 10.0. The molecular formula is C27H23N9O8. The Morgan fingerprint density at radius 2 is 1.02 bits per heavy atom. The predicted octanol–water partition coefficient (Wildman–Crippen LogP) is 3.54. The van der Waals surface area contributed by atoms with Crippen LogP contribution in [-0.2, 0) is 0 Å². The van der Waals surface area contributed by atoms with Gasteiger partial charge in [0.1, 0.15) is 49.7 Å². The number of nitrogens with zero attached hydrogens (tertiary/aromatic N) is 6. The van der Waals surface area contributed by atoms with E-state index in [1.54, 1.807) is 0 Å². The summed E-state index contributed by atoms with van der Waals surface area (Å²) in [5.41, 5.74) is 6.72. The highest BCUT2D eigenvalue weighted by Crippen LogP contribution is 2.29. The van der Waals surface area contributed by atoms with Crippen molar-refractivity contribution in [3.63, 3.8) is 0 Å². The largest absolute Gasteiger partial charge is 0.446 e. The fraction of sp³-hybridized carbons (Fsp3) is 0.259. The fourth-order valence-electron chi connectivity index (χ4n) is 4.43. The number of nitrogens with one attached hydrogen (secondary N) is 2. The van der Waals surface area contributed by atoms with E-state index in [-0.39, 0.29) is 82.0 Å². The summed E-state index contributed by atoms with van der Waals surface area (Å²) in [7, 11) is 0. The molecule has 44 heavy (non-hydrogen) atoms. The van der Waals surface area contributed by atoms with Crippen LogP contribution in [0.15, 0.2) is 64.1 Å². The molecule has 2 amide bonds. The third-order valence-electron chi connectivity index (χ3n) is 6.68. The van der Waals surface area contributed by atoms with Crippen LogP contribution in [0.3, 0.4) is 0 Å². The standard InChI is InChI=1S/C27H23N9O8/c1-11(2)19-27-35-18(10-44-27)26-34-15(9-43-26)23-30-13(5-39-23)20(37)29-12(3-4-28)22-32-17(7-41-22)25-33-16(8-42-25)24-31-14(6-40-24)21(38)36-19/h5-12,19H,3-4,28H2,1-2H3,(H,29,37)(H,36,38)/t12-,19-/m0/s1. The average molecular weight is 602 g/mol. The van der Waals surface area contributed by atoms with Crippen LogP contribution in [0.1, 0.15) is 65.1 Å². The molecule has 7 heterocycles. The third-order valence-corrected chi connectivity index (χ3v) is 6.68. The smallest absolute Gasteiger partial charge is 0.273 e. The summed E-state index contributed by atoms with van der Waals surface area (Å²) in [5.74, 6) is -0.531. The molecule has 6 aromatic heterocycles. The summed E-state index contributed by atoms with van der Waals surface area (Å²) in [6.07, 6.45) is 7.99. The van der Waals surface area contributed by atoms with E-state index in [4.69, 9.17) is 32.2 Å². The fourth-order valence-corrected chi connectivity index (χ4v) is 4.43. The first kappa shape index (κ1) is 27.0. The number of nitrogens with two attached hydrogens (primary N) is 1. The summed E-state index contributed by atoms with van der Waals surface area (Å²) in [5, 5.41) is 5.67. The summed E-state index contributed by atoms with van der Waals surface area (Å²) in [4.78, 5) is 52.4. The van der Waals surface area contributed by atoms with Crippen LogP contribution in [0.4, 0.5) is 0 Å². The van der Waals surface area contributed by atoms with Gasteiger partial charge in [0.25, 0.3) is 11.8 Å². The molecule has 4 N–H and O–H groups in total. The normalized spacial score (nSPS) is 16.9. The van der Waals surface area contributed by atoms with Gasteiger partial charge < -0.3 is 42.9 Å². The first-order chi connectivity index (χ1) is 21.4. The predicted molar refractivity (Wildman–Crippen MR) is 144 cm³/mol. The number of rotatable bonds is 3. The maximum absolute atomic E-state index is 13.1. The van der Waals surface area contributed by atoms with Gasteiger partial charge in [-0.05, 0) is 18.9 Å². The highest BCUT2D eigenvalue weighted by atomic mass is 16.4. The average Bonchev–Trinajstić information content (AvgIpc) is 3.84. The van der Waals surface area contributed by atoms with Crippen molar-refractivity contribution >= 4 is 11.8 Å². The number of hydrogen-bond donors (Lipinski definition) is 3. The van der Waals surface area contributed by atoms with Crippen LogP contribution in [-0.4, -0.2) is 48.3 Å². The Hall–Kier alpha value is -5.84. The van der Waals surface area contributed by atoms with Crippen molar-refractivity contribution < 1.29 is 36.1 Å². The number of oxazole rings is 6. The summed E-state index contributed by atoms with van der Waals surface area (Å²) < 4.78 is 33.5. The Bertz CT molecular complexity index is 1960. The van der Waals surface area contributed by atoms with Crippen LogP contribution in [0.2, 0.25) is 0 Å². The molecule has 224 valence electrons. The molecule has 0 radical (unpaired) electrons. The van der Waals surface area contributed by atoms with E-state index in [1.807, 2.05) is 13.8 Å². The minimum Gasteiger partial charge on any atom is -0.446 e. The zero-order chi connectivity index (χ0) is 30.4. The summed E-state index contributed by atoms with van der Waals surface area (Å²) in [6, 6.07) is -1.34. The quantitative estimate of drug-likeness (QED) is 0.263. The number of fused-ring (bicyclic) bond motifs is 16. The van der Waals surface area contributed by atoms with E-state index in [1.165, 1.54) is 37.6 Å². The molecule has 1 aliphatic rings. The molecule has 0 saturated carbocycles. The lowest BCUT2D eigenvalue weighted by Crippen LogP contribution is -2.32. The molecule has 17 heteroatoms. The molecule has 6 aromatic rings. The Morgan fingerprint density at radius 1 is 0.614 bits per heavy atom. The van der Waals surface area contributed by atoms with Crippen molar-refractivity contribution in [1.82, 2.24) is 40.5 Å². The van der Waals surface area contributed by atoms with Gasteiger partial charge in [-0.2, -0.15) is 0 Å². The third kappa shape index (κ3) is 4.94. The van der Waals surface area contributed by atoms with Gasteiger partial charge in [0.15, 0.2) is 34.2 Å². The first-order valence-electron chi connectivity index (χ1n) is 13.4. The van der Waals surface area contributed by atoms with Crippen LogP contribution >= 0.6 is 0 Å². The molecule has 0 fully saturated rings. The minimum absolute atomic E-state index is 0.00295. The van der Waals surface area contributed by atoms with E-state index in [0.717, 1.165) is 0 Å². The molecule has 0 aliphatic carbocycles.